The highest BCUT2D eigenvalue weighted by Gasteiger charge is 2.15. The molecule has 0 saturated carbocycles. The van der Waals surface area contributed by atoms with E-state index in [0.717, 1.165) is 17.4 Å². The van der Waals surface area contributed by atoms with Crippen LogP contribution in [0.15, 0.2) is 52.7 Å². The van der Waals surface area contributed by atoms with Crippen molar-refractivity contribution in [3.8, 4) is 10.6 Å². The van der Waals surface area contributed by atoms with Gasteiger partial charge in [0.2, 0.25) is 0 Å². The number of benzene rings is 2. The van der Waals surface area contributed by atoms with Crippen LogP contribution < -0.4 is 5.32 Å². The van der Waals surface area contributed by atoms with Gasteiger partial charge in [0, 0.05) is 22.9 Å². The van der Waals surface area contributed by atoms with E-state index in [1.54, 1.807) is 18.2 Å². The number of amides is 1. The molecule has 0 spiro atoms. The standard InChI is InChI=1S/C17H12F2N2O2S2/c1-25(23)15-7-6-10(8-13(15)19)20-16(22)14-9-24-17(21-14)11-4-2-3-5-12(11)18/h2-9H,1H3,(H,20,22)/t25-/m0/s1. The van der Waals surface area contributed by atoms with E-state index in [1.165, 1.54) is 29.8 Å². The minimum absolute atomic E-state index is 0.0634. The van der Waals surface area contributed by atoms with E-state index >= 15 is 0 Å². The molecule has 0 aliphatic rings. The summed E-state index contributed by atoms with van der Waals surface area (Å²) in [6.07, 6.45) is 1.37. The second-order valence-corrected chi connectivity index (χ2v) is 7.28. The third kappa shape index (κ3) is 3.80. The first-order valence-electron chi connectivity index (χ1n) is 7.10. The van der Waals surface area contributed by atoms with E-state index in [-0.39, 0.29) is 16.3 Å². The molecule has 0 bridgehead atoms. The molecular weight excluding hydrogens is 366 g/mol. The van der Waals surface area contributed by atoms with Crippen LogP contribution in [0.5, 0.6) is 0 Å². The van der Waals surface area contributed by atoms with Gasteiger partial charge in [0.15, 0.2) is 0 Å². The van der Waals surface area contributed by atoms with Gasteiger partial charge < -0.3 is 5.32 Å². The molecule has 0 aliphatic carbocycles. The zero-order valence-electron chi connectivity index (χ0n) is 13.0. The first kappa shape index (κ1) is 17.4. The number of aromatic nitrogens is 1. The molecule has 0 fully saturated rings. The van der Waals surface area contributed by atoms with Gasteiger partial charge in [0.05, 0.1) is 15.7 Å². The van der Waals surface area contributed by atoms with Gasteiger partial charge in [-0.15, -0.1) is 11.3 Å². The maximum atomic E-state index is 13.8. The Bertz CT molecular complexity index is 973. The van der Waals surface area contributed by atoms with Crippen LogP contribution in [0.25, 0.3) is 10.6 Å². The Balaban J connectivity index is 1.80. The van der Waals surface area contributed by atoms with Crippen LogP contribution in [-0.2, 0) is 10.8 Å². The second-order valence-electron chi connectivity index (χ2n) is 5.07. The first-order chi connectivity index (χ1) is 12.0. The lowest BCUT2D eigenvalue weighted by Gasteiger charge is -2.05. The zero-order valence-corrected chi connectivity index (χ0v) is 14.6. The summed E-state index contributed by atoms with van der Waals surface area (Å²) in [6, 6.07) is 10.1. The number of anilines is 1. The molecule has 8 heteroatoms. The lowest BCUT2D eigenvalue weighted by Crippen LogP contribution is -2.12. The monoisotopic (exact) mass is 378 g/mol. The van der Waals surface area contributed by atoms with Crippen molar-refractivity contribution in [3.05, 3.63) is 65.2 Å². The Kier molecular flexibility index (Phi) is 5.00. The Morgan fingerprint density at radius 2 is 1.92 bits per heavy atom. The van der Waals surface area contributed by atoms with Crippen LogP contribution in [-0.4, -0.2) is 21.4 Å². The summed E-state index contributed by atoms with van der Waals surface area (Å²) in [5.41, 5.74) is 0.635. The van der Waals surface area contributed by atoms with Crippen LogP contribution in [0.2, 0.25) is 0 Å². The maximum absolute atomic E-state index is 13.8. The molecule has 1 amide bonds. The number of carbonyl (C=O) groups is 1. The highest BCUT2D eigenvalue weighted by Crippen LogP contribution is 2.26. The van der Waals surface area contributed by atoms with Gasteiger partial charge in [-0.3, -0.25) is 9.00 Å². The predicted octanol–water partition coefficient (Wildman–Crippen LogP) is 4.08. The predicted molar refractivity (Wildman–Crippen MR) is 94.2 cm³/mol. The quantitative estimate of drug-likeness (QED) is 0.744. The summed E-state index contributed by atoms with van der Waals surface area (Å²) >= 11 is 1.14. The summed E-state index contributed by atoms with van der Waals surface area (Å²) in [5, 5.41) is 4.40. The molecule has 1 atom stereocenters. The van der Waals surface area contributed by atoms with Crippen molar-refractivity contribution in [2.75, 3.05) is 11.6 Å². The Morgan fingerprint density at radius 1 is 1.16 bits per heavy atom. The lowest BCUT2D eigenvalue weighted by atomic mass is 10.2. The summed E-state index contributed by atoms with van der Waals surface area (Å²) in [5.74, 6) is -1.62. The Labute approximate surface area is 149 Å². The molecule has 1 aromatic heterocycles. The van der Waals surface area contributed by atoms with E-state index < -0.39 is 28.3 Å². The average Bonchev–Trinajstić information content (AvgIpc) is 3.05. The fourth-order valence-electron chi connectivity index (χ4n) is 2.14. The van der Waals surface area contributed by atoms with Gasteiger partial charge in [0.25, 0.3) is 5.91 Å². The van der Waals surface area contributed by atoms with Crippen molar-refractivity contribution < 1.29 is 17.8 Å². The summed E-state index contributed by atoms with van der Waals surface area (Å²) in [4.78, 5) is 16.4. The van der Waals surface area contributed by atoms with Crippen LogP contribution in [0.1, 0.15) is 10.5 Å². The fraction of sp³-hybridized carbons (Fsp3) is 0.0588. The molecule has 0 radical (unpaired) electrons. The largest absolute Gasteiger partial charge is 0.321 e. The topological polar surface area (TPSA) is 59.1 Å². The molecule has 3 rings (SSSR count). The number of nitrogens with one attached hydrogen (secondary N) is 1. The molecule has 2 aromatic carbocycles. The fourth-order valence-corrected chi connectivity index (χ4v) is 3.56. The van der Waals surface area contributed by atoms with Crippen molar-refractivity contribution in [2.24, 2.45) is 0 Å². The van der Waals surface area contributed by atoms with Gasteiger partial charge >= 0.3 is 0 Å². The van der Waals surface area contributed by atoms with Gasteiger partial charge in [-0.1, -0.05) is 12.1 Å². The lowest BCUT2D eigenvalue weighted by molar-refractivity contribution is 0.102. The summed E-state index contributed by atoms with van der Waals surface area (Å²) < 4.78 is 38.9. The van der Waals surface area contributed by atoms with E-state index in [1.807, 2.05) is 0 Å². The smallest absolute Gasteiger partial charge is 0.275 e. The SMILES string of the molecule is C[S@](=O)c1ccc(NC(=O)c2csc(-c3ccccc3F)n2)cc1F. The molecule has 1 N–H and O–H groups in total. The normalized spacial score (nSPS) is 12.0. The molecule has 0 saturated heterocycles. The molecular formula is C17H12F2N2O2S2. The highest BCUT2D eigenvalue weighted by atomic mass is 32.2. The average molecular weight is 378 g/mol. The summed E-state index contributed by atoms with van der Waals surface area (Å²) in [6.45, 7) is 0. The van der Waals surface area contributed by atoms with Crippen LogP contribution in [0, 0.1) is 11.6 Å². The third-order valence-electron chi connectivity index (χ3n) is 3.34. The highest BCUT2D eigenvalue weighted by molar-refractivity contribution is 7.84. The number of thiazole rings is 1. The van der Waals surface area contributed by atoms with Crippen LogP contribution in [0.3, 0.4) is 0 Å². The Morgan fingerprint density at radius 3 is 2.60 bits per heavy atom. The number of rotatable bonds is 4. The number of hydrogen-bond acceptors (Lipinski definition) is 4. The third-order valence-corrected chi connectivity index (χ3v) is 5.17. The van der Waals surface area contributed by atoms with Gasteiger partial charge in [0.1, 0.15) is 22.3 Å². The van der Waals surface area contributed by atoms with E-state index in [2.05, 4.69) is 10.3 Å². The number of halogens is 2. The van der Waals surface area contributed by atoms with Crippen molar-refractivity contribution in [1.29, 1.82) is 0 Å². The van der Waals surface area contributed by atoms with Gasteiger partial charge in [-0.05, 0) is 30.3 Å². The summed E-state index contributed by atoms with van der Waals surface area (Å²) in [7, 11) is -1.45. The number of nitrogens with zero attached hydrogens (tertiary/aromatic N) is 1. The van der Waals surface area contributed by atoms with Crippen molar-refractivity contribution >= 4 is 33.7 Å². The Hall–Kier alpha value is -2.45. The molecule has 0 unspecified atom stereocenters. The number of carbonyl (C=O) groups excluding carboxylic acids is 1. The molecule has 25 heavy (non-hydrogen) atoms. The van der Waals surface area contributed by atoms with Crippen LogP contribution >= 0.6 is 11.3 Å². The minimum atomic E-state index is -1.45. The molecule has 3 aromatic rings. The molecule has 0 aliphatic heterocycles. The zero-order chi connectivity index (χ0) is 18.0. The van der Waals surface area contributed by atoms with Crippen LogP contribution in [0.4, 0.5) is 14.5 Å². The van der Waals surface area contributed by atoms with Crippen molar-refractivity contribution in [2.45, 2.75) is 4.90 Å². The maximum Gasteiger partial charge on any atom is 0.275 e. The second kappa shape index (κ2) is 7.20. The van der Waals surface area contributed by atoms with E-state index in [4.69, 9.17) is 0 Å². The van der Waals surface area contributed by atoms with Gasteiger partial charge in [-0.25, -0.2) is 13.8 Å². The first-order valence-corrected chi connectivity index (χ1v) is 9.54. The molecule has 1 heterocycles. The van der Waals surface area contributed by atoms with Gasteiger partial charge in [-0.2, -0.15) is 0 Å². The molecule has 128 valence electrons. The van der Waals surface area contributed by atoms with E-state index in [9.17, 15) is 17.8 Å². The molecule has 4 nitrogen and oxygen atoms in total. The number of hydrogen-bond donors (Lipinski definition) is 1. The van der Waals surface area contributed by atoms with Crippen molar-refractivity contribution in [1.82, 2.24) is 4.98 Å². The minimum Gasteiger partial charge on any atom is -0.321 e. The van der Waals surface area contributed by atoms with Crippen molar-refractivity contribution in [3.63, 3.8) is 0 Å². The van der Waals surface area contributed by atoms with E-state index in [0.29, 0.717) is 10.6 Å².